The maximum atomic E-state index is 12.2. The molecule has 9 heteroatoms. The number of aromatic nitrogens is 4. The zero-order chi connectivity index (χ0) is 21.0. The highest BCUT2D eigenvalue weighted by Crippen LogP contribution is 2.38. The Bertz CT molecular complexity index is 1180. The van der Waals surface area contributed by atoms with Gasteiger partial charge in [0.1, 0.15) is 6.04 Å². The summed E-state index contributed by atoms with van der Waals surface area (Å²) in [6.45, 7) is 4.55. The van der Waals surface area contributed by atoms with Crippen molar-refractivity contribution in [3.63, 3.8) is 0 Å². The Morgan fingerprint density at radius 3 is 3.00 bits per heavy atom. The number of carbonyl (C=O) groups is 2. The van der Waals surface area contributed by atoms with Gasteiger partial charge < -0.3 is 16.0 Å². The standard InChI is InChI=1S/C21H23N7O2/c1-21(2)13-6-5-12(10-14(13)24-20(21)30)11-16-25-19-18(23-7-9-28(19)26-16)27-8-3-4-15(27)17(22)29/h5-7,9-10,15H,3-4,8,11H2,1-2H3,(H2,22,29)(H,24,30)/t15-/m1/s1. The van der Waals surface area contributed by atoms with Crippen LogP contribution in [0.15, 0.2) is 30.6 Å². The number of fused-ring (bicyclic) bond motifs is 2. The first-order valence-corrected chi connectivity index (χ1v) is 10.1. The van der Waals surface area contributed by atoms with Crippen LogP contribution in [0, 0.1) is 0 Å². The van der Waals surface area contributed by atoms with Crippen molar-refractivity contribution in [2.24, 2.45) is 5.73 Å². The van der Waals surface area contributed by atoms with Gasteiger partial charge in [0.05, 0.1) is 5.41 Å². The van der Waals surface area contributed by atoms with Gasteiger partial charge in [-0.25, -0.2) is 14.5 Å². The minimum atomic E-state index is -0.525. The molecule has 0 spiro atoms. The molecule has 2 aromatic heterocycles. The molecule has 0 bridgehead atoms. The second-order valence-corrected chi connectivity index (χ2v) is 8.44. The molecule has 0 aliphatic carbocycles. The molecule has 2 aliphatic heterocycles. The molecule has 0 unspecified atom stereocenters. The van der Waals surface area contributed by atoms with Gasteiger partial charge >= 0.3 is 0 Å². The third-order valence-corrected chi connectivity index (χ3v) is 6.07. The van der Waals surface area contributed by atoms with E-state index in [1.165, 1.54) is 0 Å². The highest BCUT2D eigenvalue weighted by molar-refractivity contribution is 6.05. The number of hydrogen-bond acceptors (Lipinski definition) is 6. The minimum absolute atomic E-state index is 0.00541. The fourth-order valence-corrected chi connectivity index (χ4v) is 4.38. The van der Waals surface area contributed by atoms with Crippen molar-refractivity contribution in [2.75, 3.05) is 16.8 Å². The number of carbonyl (C=O) groups excluding carboxylic acids is 2. The third-order valence-electron chi connectivity index (χ3n) is 6.07. The Balaban J connectivity index is 1.47. The van der Waals surface area contributed by atoms with Crippen molar-refractivity contribution in [1.82, 2.24) is 19.6 Å². The number of primary amides is 1. The van der Waals surface area contributed by atoms with Crippen LogP contribution in [-0.2, 0) is 21.4 Å². The first kappa shape index (κ1) is 18.5. The van der Waals surface area contributed by atoms with Gasteiger partial charge in [-0.2, -0.15) is 5.10 Å². The molecule has 1 aromatic carbocycles. The monoisotopic (exact) mass is 405 g/mol. The van der Waals surface area contributed by atoms with Crippen molar-refractivity contribution in [3.05, 3.63) is 47.5 Å². The second kappa shape index (κ2) is 6.51. The molecule has 1 saturated heterocycles. The summed E-state index contributed by atoms with van der Waals surface area (Å²) in [4.78, 5) is 35.1. The van der Waals surface area contributed by atoms with Gasteiger partial charge in [0.15, 0.2) is 17.3 Å². The van der Waals surface area contributed by atoms with Crippen molar-refractivity contribution in [2.45, 2.75) is 44.6 Å². The molecule has 4 heterocycles. The molecule has 2 aliphatic rings. The summed E-state index contributed by atoms with van der Waals surface area (Å²) in [6, 6.07) is 5.62. The molecule has 1 atom stereocenters. The quantitative estimate of drug-likeness (QED) is 0.677. The van der Waals surface area contributed by atoms with Gasteiger partial charge in [-0.3, -0.25) is 9.59 Å². The van der Waals surface area contributed by atoms with Gasteiger partial charge in [-0.15, -0.1) is 0 Å². The summed E-state index contributed by atoms with van der Waals surface area (Å²) in [7, 11) is 0. The molecule has 154 valence electrons. The van der Waals surface area contributed by atoms with E-state index in [4.69, 9.17) is 10.7 Å². The molecular weight excluding hydrogens is 382 g/mol. The van der Waals surface area contributed by atoms with E-state index in [0.717, 1.165) is 29.7 Å². The predicted octanol–water partition coefficient (Wildman–Crippen LogP) is 1.40. The van der Waals surface area contributed by atoms with E-state index in [1.807, 2.05) is 36.9 Å². The Kier molecular flexibility index (Phi) is 4.02. The SMILES string of the molecule is CC1(C)C(=O)Nc2cc(Cc3nc4c(N5CCC[C@@H]5C(N)=O)nccn4n3)ccc21. The molecule has 2 amide bonds. The van der Waals surface area contributed by atoms with Gasteiger partial charge in [0.2, 0.25) is 11.8 Å². The smallest absolute Gasteiger partial charge is 0.240 e. The van der Waals surface area contributed by atoms with Crippen molar-refractivity contribution >= 4 is 29.0 Å². The fraction of sp³-hybridized carbons (Fsp3) is 0.381. The molecule has 5 rings (SSSR count). The van der Waals surface area contributed by atoms with Crippen molar-refractivity contribution in [1.29, 1.82) is 0 Å². The normalized spacial score (nSPS) is 19.9. The van der Waals surface area contributed by atoms with E-state index >= 15 is 0 Å². The van der Waals surface area contributed by atoms with Crippen LogP contribution in [0.5, 0.6) is 0 Å². The highest BCUT2D eigenvalue weighted by atomic mass is 16.2. The first-order chi connectivity index (χ1) is 14.3. The number of anilines is 2. The average molecular weight is 405 g/mol. The maximum Gasteiger partial charge on any atom is 0.240 e. The zero-order valence-electron chi connectivity index (χ0n) is 16.9. The number of rotatable bonds is 4. The number of hydrogen-bond donors (Lipinski definition) is 2. The van der Waals surface area contributed by atoms with Crippen molar-refractivity contribution in [3.8, 4) is 0 Å². The van der Waals surface area contributed by atoms with Crippen molar-refractivity contribution < 1.29 is 9.59 Å². The lowest BCUT2D eigenvalue weighted by molar-refractivity contribution is -0.120. The van der Waals surface area contributed by atoms with Crippen LogP contribution in [-0.4, -0.2) is 44.0 Å². The topological polar surface area (TPSA) is 119 Å². The van der Waals surface area contributed by atoms with Crippen LogP contribution in [0.1, 0.15) is 43.6 Å². The molecule has 9 nitrogen and oxygen atoms in total. The Labute approximate surface area is 173 Å². The van der Waals surface area contributed by atoms with E-state index in [9.17, 15) is 9.59 Å². The lowest BCUT2D eigenvalue weighted by Gasteiger charge is -2.22. The number of benzene rings is 1. The number of amides is 2. The highest BCUT2D eigenvalue weighted by Gasteiger charge is 2.38. The number of nitrogens with two attached hydrogens (primary N) is 1. The molecule has 3 aromatic rings. The number of nitrogens with one attached hydrogen (secondary N) is 1. The summed E-state index contributed by atoms with van der Waals surface area (Å²) < 4.78 is 1.69. The fourth-order valence-electron chi connectivity index (χ4n) is 4.38. The largest absolute Gasteiger partial charge is 0.368 e. The van der Waals surface area contributed by atoms with Gasteiger partial charge in [0, 0.05) is 31.0 Å². The van der Waals surface area contributed by atoms with Gasteiger partial charge in [0.25, 0.3) is 0 Å². The molecule has 1 fully saturated rings. The lowest BCUT2D eigenvalue weighted by Crippen LogP contribution is -2.41. The second-order valence-electron chi connectivity index (χ2n) is 8.44. The Morgan fingerprint density at radius 1 is 1.37 bits per heavy atom. The Morgan fingerprint density at radius 2 is 2.20 bits per heavy atom. The van der Waals surface area contributed by atoms with Crippen LogP contribution in [0.4, 0.5) is 11.5 Å². The summed E-state index contributed by atoms with van der Waals surface area (Å²) in [5, 5.41) is 7.54. The van der Waals surface area contributed by atoms with E-state index in [2.05, 4.69) is 15.4 Å². The van der Waals surface area contributed by atoms with Crippen LogP contribution < -0.4 is 16.0 Å². The predicted molar refractivity (Wildman–Crippen MR) is 111 cm³/mol. The molecule has 3 N–H and O–H groups in total. The van der Waals surface area contributed by atoms with Crippen LogP contribution >= 0.6 is 0 Å². The summed E-state index contributed by atoms with van der Waals surface area (Å²) in [6.07, 6.45) is 5.52. The molecule has 0 radical (unpaired) electrons. The third kappa shape index (κ3) is 2.80. The number of nitrogens with zero attached hydrogens (tertiary/aromatic N) is 5. The molecular formula is C21H23N7O2. The summed E-state index contributed by atoms with van der Waals surface area (Å²) >= 11 is 0. The van der Waals surface area contributed by atoms with E-state index in [0.29, 0.717) is 30.3 Å². The first-order valence-electron chi connectivity index (χ1n) is 10.1. The maximum absolute atomic E-state index is 12.2. The molecule has 0 saturated carbocycles. The van der Waals surface area contributed by atoms with E-state index < -0.39 is 5.41 Å². The summed E-state index contributed by atoms with van der Waals surface area (Å²) in [5.41, 5.74) is 8.50. The van der Waals surface area contributed by atoms with Crippen LogP contribution in [0.2, 0.25) is 0 Å². The lowest BCUT2D eigenvalue weighted by atomic mass is 9.86. The Hall–Kier alpha value is -3.49. The van der Waals surface area contributed by atoms with E-state index in [1.54, 1.807) is 16.9 Å². The van der Waals surface area contributed by atoms with Crippen LogP contribution in [0.25, 0.3) is 5.65 Å². The minimum Gasteiger partial charge on any atom is -0.368 e. The van der Waals surface area contributed by atoms with Gasteiger partial charge in [-0.1, -0.05) is 12.1 Å². The summed E-state index contributed by atoms with van der Waals surface area (Å²) in [5.74, 6) is 0.924. The average Bonchev–Trinajstić information content (AvgIpc) is 3.38. The molecule has 30 heavy (non-hydrogen) atoms. The van der Waals surface area contributed by atoms with E-state index in [-0.39, 0.29) is 17.9 Å². The van der Waals surface area contributed by atoms with Gasteiger partial charge in [-0.05, 0) is 43.9 Å². The zero-order valence-corrected chi connectivity index (χ0v) is 16.9. The van der Waals surface area contributed by atoms with Crippen LogP contribution in [0.3, 0.4) is 0 Å².